The van der Waals surface area contributed by atoms with Crippen molar-refractivity contribution in [3.63, 3.8) is 0 Å². The van der Waals surface area contributed by atoms with Crippen LogP contribution in [0.1, 0.15) is 33.6 Å². The van der Waals surface area contributed by atoms with E-state index in [4.69, 9.17) is 10.2 Å². The summed E-state index contributed by atoms with van der Waals surface area (Å²) in [5, 5.41) is 20.3. The van der Waals surface area contributed by atoms with E-state index in [0.717, 1.165) is 0 Å². The summed E-state index contributed by atoms with van der Waals surface area (Å²) in [4.78, 5) is 20.9. The molecular formula is C12H15NO4. The summed E-state index contributed by atoms with van der Waals surface area (Å²) in [7, 11) is 0. The van der Waals surface area contributed by atoms with Gasteiger partial charge in [0.1, 0.15) is 0 Å². The quantitative estimate of drug-likeness (QED) is 0.724. The van der Waals surface area contributed by atoms with Crippen molar-refractivity contribution in [2.45, 2.75) is 12.8 Å². The van der Waals surface area contributed by atoms with Gasteiger partial charge < -0.3 is 15.5 Å². The van der Waals surface area contributed by atoms with Crippen LogP contribution in [-0.4, -0.2) is 35.2 Å². The zero-order valence-electron chi connectivity index (χ0n) is 9.35. The van der Waals surface area contributed by atoms with Crippen LogP contribution in [0.3, 0.4) is 0 Å². The maximum absolute atomic E-state index is 10.5. The van der Waals surface area contributed by atoms with E-state index in [-0.39, 0.29) is 11.1 Å². The van der Waals surface area contributed by atoms with Crippen LogP contribution in [0.4, 0.5) is 0 Å². The van der Waals surface area contributed by atoms with E-state index < -0.39 is 11.9 Å². The molecule has 5 nitrogen and oxygen atoms in total. The van der Waals surface area contributed by atoms with Crippen LogP contribution in [0.5, 0.6) is 0 Å². The number of hydrogen-bond donors (Lipinski definition) is 3. The second-order valence-corrected chi connectivity index (χ2v) is 3.61. The summed E-state index contributed by atoms with van der Waals surface area (Å²) in [5.41, 5.74) is -0.380. The Bertz CT molecular complexity index is 359. The van der Waals surface area contributed by atoms with Crippen LogP contribution in [-0.2, 0) is 0 Å². The van der Waals surface area contributed by atoms with Gasteiger partial charge in [-0.2, -0.15) is 0 Å². The first-order valence-electron chi connectivity index (χ1n) is 5.39. The zero-order valence-corrected chi connectivity index (χ0v) is 9.35. The van der Waals surface area contributed by atoms with E-state index in [1.807, 2.05) is 0 Å². The smallest absolute Gasteiger partial charge is 0.336 e. The van der Waals surface area contributed by atoms with Gasteiger partial charge in [0.05, 0.1) is 11.1 Å². The number of carboxylic acid groups (broad SMARTS) is 2. The highest BCUT2D eigenvalue weighted by molar-refractivity contribution is 6.01. The standard InChI is InChI=1S/C8H6O4.C4H9N/c9-7(10)5-3-1-2-4-6(5)8(11)12;1-2-4-5-3-1/h1-4H,(H,9,10)(H,11,12);5H,1-4H2. The highest BCUT2D eigenvalue weighted by Gasteiger charge is 2.13. The van der Waals surface area contributed by atoms with E-state index in [1.165, 1.54) is 50.2 Å². The summed E-state index contributed by atoms with van der Waals surface area (Å²) < 4.78 is 0. The minimum atomic E-state index is -1.23. The molecule has 1 aliphatic rings. The Morgan fingerprint density at radius 3 is 1.59 bits per heavy atom. The maximum Gasteiger partial charge on any atom is 0.336 e. The highest BCUT2D eigenvalue weighted by Crippen LogP contribution is 2.07. The fraction of sp³-hybridized carbons (Fsp3) is 0.333. The van der Waals surface area contributed by atoms with Gasteiger partial charge >= 0.3 is 11.9 Å². The molecule has 0 atom stereocenters. The molecule has 1 saturated heterocycles. The lowest BCUT2D eigenvalue weighted by atomic mass is 10.1. The summed E-state index contributed by atoms with van der Waals surface area (Å²) in [5.74, 6) is -2.46. The molecule has 1 heterocycles. The molecule has 1 aliphatic heterocycles. The molecule has 1 aromatic rings. The number of nitrogens with one attached hydrogen (secondary N) is 1. The van der Waals surface area contributed by atoms with Crippen molar-refractivity contribution < 1.29 is 19.8 Å². The molecule has 0 unspecified atom stereocenters. The van der Waals surface area contributed by atoms with Crippen molar-refractivity contribution in [1.29, 1.82) is 0 Å². The van der Waals surface area contributed by atoms with Crippen LogP contribution in [0.15, 0.2) is 24.3 Å². The molecule has 1 aromatic carbocycles. The van der Waals surface area contributed by atoms with Crippen LogP contribution in [0, 0.1) is 0 Å². The van der Waals surface area contributed by atoms with Crippen molar-refractivity contribution >= 4 is 11.9 Å². The third-order valence-corrected chi connectivity index (χ3v) is 2.34. The number of hydrogen-bond acceptors (Lipinski definition) is 3. The Labute approximate surface area is 99.1 Å². The number of carbonyl (C=O) groups is 2. The number of benzene rings is 1. The zero-order chi connectivity index (χ0) is 12.7. The number of carboxylic acids is 2. The average Bonchev–Trinajstić information content (AvgIpc) is 2.87. The van der Waals surface area contributed by atoms with E-state index in [2.05, 4.69) is 5.32 Å². The molecule has 5 heteroatoms. The van der Waals surface area contributed by atoms with Gasteiger partial charge in [-0.1, -0.05) is 12.1 Å². The minimum absolute atomic E-state index is 0.190. The van der Waals surface area contributed by atoms with E-state index in [0.29, 0.717) is 0 Å². The number of rotatable bonds is 2. The molecule has 0 radical (unpaired) electrons. The summed E-state index contributed by atoms with van der Waals surface area (Å²) >= 11 is 0. The topological polar surface area (TPSA) is 86.6 Å². The Balaban J connectivity index is 0.000000239. The maximum atomic E-state index is 10.5. The molecule has 3 N–H and O–H groups in total. The van der Waals surface area contributed by atoms with Crippen LogP contribution in [0.2, 0.25) is 0 Å². The summed E-state index contributed by atoms with van der Waals surface area (Å²) in [6, 6.07) is 5.48. The van der Waals surface area contributed by atoms with Crippen molar-refractivity contribution in [3.8, 4) is 0 Å². The molecule has 0 aliphatic carbocycles. The Kier molecular flexibility index (Phi) is 5.16. The van der Waals surface area contributed by atoms with Crippen LogP contribution >= 0.6 is 0 Å². The van der Waals surface area contributed by atoms with Gasteiger partial charge in [-0.15, -0.1) is 0 Å². The lowest BCUT2D eigenvalue weighted by molar-refractivity contribution is 0.0651. The SMILES string of the molecule is C1CCNC1.O=C(O)c1ccccc1C(=O)O. The molecule has 0 bridgehead atoms. The van der Waals surface area contributed by atoms with Gasteiger partial charge in [0, 0.05) is 0 Å². The highest BCUT2D eigenvalue weighted by atomic mass is 16.4. The first-order valence-corrected chi connectivity index (χ1v) is 5.39. The first-order chi connectivity index (χ1) is 8.13. The van der Waals surface area contributed by atoms with Gasteiger partial charge in [-0.25, -0.2) is 9.59 Å². The van der Waals surface area contributed by atoms with Gasteiger partial charge in [0.15, 0.2) is 0 Å². The predicted octanol–water partition coefficient (Wildman–Crippen LogP) is 1.45. The molecule has 0 amide bonds. The van der Waals surface area contributed by atoms with E-state index >= 15 is 0 Å². The third-order valence-electron chi connectivity index (χ3n) is 2.34. The van der Waals surface area contributed by atoms with Gasteiger partial charge in [-0.3, -0.25) is 0 Å². The lowest BCUT2D eigenvalue weighted by Crippen LogP contribution is -2.06. The molecule has 92 valence electrons. The second-order valence-electron chi connectivity index (χ2n) is 3.61. The van der Waals surface area contributed by atoms with Gasteiger partial charge in [-0.05, 0) is 38.1 Å². The second kappa shape index (κ2) is 6.65. The van der Waals surface area contributed by atoms with E-state index in [9.17, 15) is 9.59 Å². The summed E-state index contributed by atoms with van der Waals surface area (Å²) in [6.07, 6.45) is 2.78. The van der Waals surface area contributed by atoms with Gasteiger partial charge in [0.25, 0.3) is 0 Å². The molecule has 0 aromatic heterocycles. The van der Waals surface area contributed by atoms with Crippen molar-refractivity contribution in [3.05, 3.63) is 35.4 Å². The molecule has 2 rings (SSSR count). The van der Waals surface area contributed by atoms with Crippen LogP contribution in [0.25, 0.3) is 0 Å². The van der Waals surface area contributed by atoms with Gasteiger partial charge in [0.2, 0.25) is 0 Å². The summed E-state index contributed by atoms with van der Waals surface area (Å²) in [6.45, 7) is 2.50. The van der Waals surface area contributed by atoms with Crippen molar-refractivity contribution in [1.82, 2.24) is 5.32 Å². The molecule has 17 heavy (non-hydrogen) atoms. The predicted molar refractivity (Wildman–Crippen MR) is 62.5 cm³/mol. The number of aromatic carboxylic acids is 2. The van der Waals surface area contributed by atoms with Crippen molar-refractivity contribution in [2.75, 3.05) is 13.1 Å². The van der Waals surface area contributed by atoms with Crippen LogP contribution < -0.4 is 5.32 Å². The molecule has 0 saturated carbocycles. The van der Waals surface area contributed by atoms with E-state index in [1.54, 1.807) is 0 Å². The minimum Gasteiger partial charge on any atom is -0.478 e. The monoisotopic (exact) mass is 237 g/mol. The fourth-order valence-electron chi connectivity index (χ4n) is 1.48. The molecule has 1 fully saturated rings. The van der Waals surface area contributed by atoms with Crippen molar-refractivity contribution in [2.24, 2.45) is 0 Å². The average molecular weight is 237 g/mol. The Hall–Kier alpha value is -1.88. The third kappa shape index (κ3) is 4.24. The lowest BCUT2D eigenvalue weighted by Gasteiger charge is -1.98. The Morgan fingerprint density at radius 2 is 1.35 bits per heavy atom. The molecule has 0 spiro atoms. The fourth-order valence-corrected chi connectivity index (χ4v) is 1.48. The normalized spacial score (nSPS) is 13.6. The molecular weight excluding hydrogens is 222 g/mol. The first kappa shape index (κ1) is 13.2. The largest absolute Gasteiger partial charge is 0.478 e. The Morgan fingerprint density at radius 1 is 0.941 bits per heavy atom.